The van der Waals surface area contributed by atoms with Crippen LogP contribution in [0.1, 0.15) is 47.7 Å². The number of aryl methyl sites for hydroxylation is 1. The minimum absolute atomic E-state index is 0.0738. The van der Waals surface area contributed by atoms with Gasteiger partial charge >= 0.3 is 0 Å². The standard InChI is InChI=1S/C17H21NO2/c1-12-8-9-15(7-4-10-19)16(11-12)17(20)18-13(2)14-5-3-6-14/h8-9,11,13-14,19H,3,5-6,10H2,1-2H3,(H,18,20). The number of nitrogens with one attached hydrogen (secondary N) is 1. The van der Waals surface area contributed by atoms with E-state index < -0.39 is 0 Å². The number of aliphatic hydroxyl groups is 1. The predicted octanol–water partition coefficient (Wildman–Crippen LogP) is 2.26. The largest absolute Gasteiger partial charge is 0.384 e. The molecule has 20 heavy (non-hydrogen) atoms. The molecule has 1 fully saturated rings. The van der Waals surface area contributed by atoms with Gasteiger partial charge in [-0.15, -0.1) is 0 Å². The average Bonchev–Trinajstić information content (AvgIpc) is 2.35. The lowest BCUT2D eigenvalue weighted by molar-refractivity contribution is 0.0909. The maximum absolute atomic E-state index is 12.4. The van der Waals surface area contributed by atoms with Crippen LogP contribution in [-0.4, -0.2) is 23.7 Å². The van der Waals surface area contributed by atoms with Crippen LogP contribution in [0.5, 0.6) is 0 Å². The second kappa shape index (κ2) is 6.58. The van der Waals surface area contributed by atoms with E-state index in [9.17, 15) is 4.79 Å². The Morgan fingerprint density at radius 2 is 2.25 bits per heavy atom. The molecule has 1 aliphatic rings. The molecule has 3 heteroatoms. The third kappa shape index (κ3) is 3.40. The van der Waals surface area contributed by atoms with Crippen LogP contribution in [0, 0.1) is 24.7 Å². The van der Waals surface area contributed by atoms with E-state index in [0.717, 1.165) is 5.56 Å². The van der Waals surface area contributed by atoms with Gasteiger partial charge in [-0.05, 0) is 44.7 Å². The summed E-state index contributed by atoms with van der Waals surface area (Å²) in [6.45, 7) is 3.82. The van der Waals surface area contributed by atoms with Crippen molar-refractivity contribution in [3.63, 3.8) is 0 Å². The van der Waals surface area contributed by atoms with Crippen molar-refractivity contribution >= 4 is 5.91 Å². The summed E-state index contributed by atoms with van der Waals surface area (Å²) in [4.78, 5) is 12.4. The van der Waals surface area contributed by atoms with Crippen LogP contribution in [0.25, 0.3) is 0 Å². The number of benzene rings is 1. The van der Waals surface area contributed by atoms with Crippen molar-refractivity contribution in [2.45, 2.75) is 39.2 Å². The second-order valence-electron chi connectivity index (χ2n) is 5.46. The lowest BCUT2D eigenvalue weighted by atomic mass is 9.80. The Morgan fingerprint density at radius 1 is 1.50 bits per heavy atom. The minimum atomic E-state index is -0.201. The summed E-state index contributed by atoms with van der Waals surface area (Å²) in [5, 5.41) is 11.9. The molecule has 2 rings (SSSR count). The van der Waals surface area contributed by atoms with Crippen LogP contribution in [0.2, 0.25) is 0 Å². The molecule has 1 aromatic carbocycles. The van der Waals surface area contributed by atoms with Crippen LogP contribution in [0.15, 0.2) is 18.2 Å². The minimum Gasteiger partial charge on any atom is -0.384 e. The average molecular weight is 271 g/mol. The van der Waals surface area contributed by atoms with E-state index in [1.54, 1.807) is 0 Å². The number of amides is 1. The van der Waals surface area contributed by atoms with E-state index in [-0.39, 0.29) is 18.6 Å². The van der Waals surface area contributed by atoms with Gasteiger partial charge in [0.1, 0.15) is 6.61 Å². The lowest BCUT2D eigenvalue weighted by Gasteiger charge is -2.32. The molecule has 3 nitrogen and oxygen atoms in total. The first-order valence-electron chi connectivity index (χ1n) is 7.13. The van der Waals surface area contributed by atoms with Crippen LogP contribution in [0.4, 0.5) is 0 Å². The van der Waals surface area contributed by atoms with Gasteiger partial charge < -0.3 is 10.4 Å². The van der Waals surface area contributed by atoms with Crippen molar-refractivity contribution < 1.29 is 9.90 Å². The number of aliphatic hydroxyl groups excluding tert-OH is 1. The molecule has 1 unspecified atom stereocenters. The lowest BCUT2D eigenvalue weighted by Crippen LogP contribution is -2.40. The van der Waals surface area contributed by atoms with E-state index >= 15 is 0 Å². The summed E-state index contributed by atoms with van der Waals surface area (Å²) in [5.41, 5.74) is 2.29. The van der Waals surface area contributed by atoms with Gasteiger partial charge in [0.25, 0.3) is 5.91 Å². The molecule has 0 spiro atoms. The fourth-order valence-corrected chi connectivity index (χ4v) is 2.43. The Labute approximate surface area is 120 Å². The SMILES string of the molecule is Cc1ccc(C#CCO)c(C(=O)NC(C)C2CCC2)c1. The zero-order valence-electron chi connectivity index (χ0n) is 12.1. The molecular weight excluding hydrogens is 250 g/mol. The second-order valence-corrected chi connectivity index (χ2v) is 5.46. The van der Waals surface area contributed by atoms with Gasteiger partial charge in [-0.25, -0.2) is 0 Å². The van der Waals surface area contributed by atoms with Crippen molar-refractivity contribution in [3.05, 3.63) is 34.9 Å². The van der Waals surface area contributed by atoms with Gasteiger partial charge in [0, 0.05) is 11.6 Å². The summed E-state index contributed by atoms with van der Waals surface area (Å²) >= 11 is 0. The maximum Gasteiger partial charge on any atom is 0.252 e. The highest BCUT2D eigenvalue weighted by molar-refractivity contribution is 5.97. The van der Waals surface area contributed by atoms with Crippen molar-refractivity contribution in [3.8, 4) is 11.8 Å². The summed E-state index contributed by atoms with van der Waals surface area (Å²) in [5.74, 6) is 5.98. The molecule has 0 heterocycles. The van der Waals surface area contributed by atoms with Gasteiger partial charge in [-0.2, -0.15) is 0 Å². The van der Waals surface area contributed by atoms with Gasteiger partial charge in [0.2, 0.25) is 0 Å². The zero-order chi connectivity index (χ0) is 14.5. The smallest absolute Gasteiger partial charge is 0.252 e. The Kier molecular flexibility index (Phi) is 4.81. The molecule has 1 atom stereocenters. The van der Waals surface area contributed by atoms with Crippen LogP contribution < -0.4 is 5.32 Å². The van der Waals surface area contributed by atoms with Crippen molar-refractivity contribution in [1.29, 1.82) is 0 Å². The van der Waals surface area contributed by atoms with Crippen LogP contribution in [0.3, 0.4) is 0 Å². The summed E-state index contributed by atoms with van der Waals surface area (Å²) in [6.07, 6.45) is 3.67. The Morgan fingerprint density at radius 3 is 2.85 bits per heavy atom. The topological polar surface area (TPSA) is 49.3 Å². The molecule has 0 aliphatic heterocycles. The summed E-state index contributed by atoms with van der Waals surface area (Å²) < 4.78 is 0. The van der Waals surface area contributed by atoms with Crippen molar-refractivity contribution in [1.82, 2.24) is 5.32 Å². The van der Waals surface area contributed by atoms with Crippen molar-refractivity contribution in [2.24, 2.45) is 5.92 Å². The molecule has 1 aromatic rings. The normalized spacial score (nSPS) is 15.8. The number of rotatable bonds is 3. The third-order valence-corrected chi connectivity index (χ3v) is 3.94. The van der Waals surface area contributed by atoms with Crippen LogP contribution in [-0.2, 0) is 0 Å². The summed E-state index contributed by atoms with van der Waals surface area (Å²) in [6, 6.07) is 5.81. The number of carbonyl (C=O) groups is 1. The van der Waals surface area contributed by atoms with Gasteiger partial charge in [-0.3, -0.25) is 4.79 Å². The summed E-state index contributed by atoms with van der Waals surface area (Å²) in [7, 11) is 0. The fourth-order valence-electron chi connectivity index (χ4n) is 2.43. The highest BCUT2D eigenvalue weighted by Gasteiger charge is 2.25. The molecule has 1 saturated carbocycles. The first-order chi connectivity index (χ1) is 9.61. The highest BCUT2D eigenvalue weighted by atomic mass is 16.2. The molecule has 2 N–H and O–H groups in total. The maximum atomic E-state index is 12.4. The Balaban J connectivity index is 2.16. The van der Waals surface area contributed by atoms with Gasteiger partial charge in [0.15, 0.2) is 0 Å². The quantitative estimate of drug-likeness (QED) is 0.828. The highest BCUT2D eigenvalue weighted by Crippen LogP contribution is 2.29. The Bertz CT molecular complexity index is 550. The number of carbonyl (C=O) groups excluding carboxylic acids is 1. The monoisotopic (exact) mass is 271 g/mol. The number of hydrogen-bond donors (Lipinski definition) is 2. The zero-order valence-corrected chi connectivity index (χ0v) is 12.1. The Hall–Kier alpha value is -1.79. The molecule has 0 radical (unpaired) electrons. The van der Waals surface area contributed by atoms with Gasteiger partial charge in [0.05, 0.1) is 5.56 Å². The van der Waals surface area contributed by atoms with Gasteiger partial charge in [-0.1, -0.05) is 29.9 Å². The molecule has 0 aromatic heterocycles. The molecule has 106 valence electrons. The molecule has 1 aliphatic carbocycles. The van der Waals surface area contributed by atoms with E-state index in [0.29, 0.717) is 17.0 Å². The van der Waals surface area contributed by atoms with Crippen molar-refractivity contribution in [2.75, 3.05) is 6.61 Å². The van der Waals surface area contributed by atoms with E-state index in [4.69, 9.17) is 5.11 Å². The van der Waals surface area contributed by atoms with Crippen LogP contribution >= 0.6 is 0 Å². The molecule has 0 saturated heterocycles. The van der Waals surface area contributed by atoms with E-state index in [1.165, 1.54) is 19.3 Å². The van der Waals surface area contributed by atoms with E-state index in [2.05, 4.69) is 24.1 Å². The molecule has 1 amide bonds. The molecular formula is C17H21NO2. The number of hydrogen-bond acceptors (Lipinski definition) is 2. The first-order valence-corrected chi connectivity index (χ1v) is 7.13. The molecule has 0 bridgehead atoms. The van der Waals surface area contributed by atoms with E-state index in [1.807, 2.05) is 25.1 Å². The predicted molar refractivity (Wildman–Crippen MR) is 79.4 cm³/mol. The fraction of sp³-hybridized carbons (Fsp3) is 0.471. The third-order valence-electron chi connectivity index (χ3n) is 3.94. The first kappa shape index (κ1) is 14.6.